The lowest BCUT2D eigenvalue weighted by atomic mass is 10.1. The van der Waals surface area contributed by atoms with Gasteiger partial charge in [-0.3, -0.25) is 4.79 Å². The van der Waals surface area contributed by atoms with Gasteiger partial charge in [-0.2, -0.15) is 0 Å². The number of pyridine rings is 1. The monoisotopic (exact) mass is 235 g/mol. The maximum atomic E-state index is 10.8. The van der Waals surface area contributed by atoms with Crippen LogP contribution in [-0.2, 0) is 0 Å². The minimum Gasteiger partial charge on any atom is -0.296 e. The van der Waals surface area contributed by atoms with Gasteiger partial charge >= 0.3 is 0 Å². The summed E-state index contributed by atoms with van der Waals surface area (Å²) in [6.07, 6.45) is 3.99. The fourth-order valence-electron chi connectivity index (χ4n) is 1.29. The molecule has 0 N–H and O–H groups in total. The zero-order chi connectivity index (χ0) is 10.7. The van der Waals surface area contributed by atoms with Crippen molar-refractivity contribution in [2.75, 3.05) is 0 Å². The van der Waals surface area contributed by atoms with Crippen LogP contribution in [0.2, 0.25) is 0 Å². The highest BCUT2D eigenvalue weighted by Gasteiger charge is 2.07. The Labute approximate surface area is 99.2 Å². The Hall–Kier alpha value is -1.81. The minimum absolute atomic E-state index is 0. The van der Waals surface area contributed by atoms with Crippen molar-refractivity contribution in [1.82, 2.24) is 15.0 Å². The Morgan fingerprint density at radius 3 is 2.50 bits per heavy atom. The van der Waals surface area contributed by atoms with Gasteiger partial charge < -0.3 is 0 Å². The zero-order valence-corrected chi connectivity index (χ0v) is 9.44. The quantitative estimate of drug-likeness (QED) is 0.748. The molecule has 0 aliphatic heterocycles. The molecule has 0 aliphatic rings. The van der Waals surface area contributed by atoms with Crippen LogP contribution in [0.25, 0.3) is 11.4 Å². The number of halogens is 1. The van der Waals surface area contributed by atoms with Crippen LogP contribution in [0.4, 0.5) is 0 Å². The van der Waals surface area contributed by atoms with Crippen molar-refractivity contribution in [3.05, 3.63) is 42.0 Å². The summed E-state index contributed by atoms with van der Waals surface area (Å²) in [6.45, 7) is 1.84. The van der Waals surface area contributed by atoms with Gasteiger partial charge in [-0.15, -0.1) is 12.4 Å². The summed E-state index contributed by atoms with van der Waals surface area (Å²) in [5.74, 6) is 0.520. The van der Waals surface area contributed by atoms with Gasteiger partial charge in [0.05, 0.1) is 0 Å². The number of rotatable bonds is 2. The van der Waals surface area contributed by atoms with E-state index in [4.69, 9.17) is 0 Å². The van der Waals surface area contributed by atoms with Crippen molar-refractivity contribution in [2.45, 2.75) is 6.92 Å². The van der Waals surface area contributed by atoms with E-state index in [0.717, 1.165) is 12.0 Å². The second-order valence-electron chi connectivity index (χ2n) is 3.08. The van der Waals surface area contributed by atoms with Gasteiger partial charge in [0.15, 0.2) is 12.1 Å². The Morgan fingerprint density at radius 1 is 1.19 bits per heavy atom. The second kappa shape index (κ2) is 5.32. The number of hydrogen-bond donors (Lipinski definition) is 0. The normalized spacial score (nSPS) is 9.31. The predicted molar refractivity (Wildman–Crippen MR) is 62.6 cm³/mol. The molecule has 0 radical (unpaired) electrons. The third-order valence-corrected chi connectivity index (χ3v) is 1.98. The molecular formula is C11H10ClN3O. The Balaban J connectivity index is 0.00000128. The first-order valence-corrected chi connectivity index (χ1v) is 4.51. The summed E-state index contributed by atoms with van der Waals surface area (Å²) >= 11 is 0. The first-order valence-electron chi connectivity index (χ1n) is 4.51. The number of aromatic nitrogens is 3. The fourth-order valence-corrected chi connectivity index (χ4v) is 1.29. The van der Waals surface area contributed by atoms with E-state index < -0.39 is 0 Å². The number of carbonyl (C=O) groups excluding carboxylic acids is 1. The van der Waals surface area contributed by atoms with Crippen LogP contribution in [0, 0.1) is 6.92 Å². The third-order valence-electron chi connectivity index (χ3n) is 1.98. The maximum absolute atomic E-state index is 10.8. The van der Waals surface area contributed by atoms with Crippen molar-refractivity contribution in [1.29, 1.82) is 0 Å². The second-order valence-corrected chi connectivity index (χ2v) is 3.08. The van der Waals surface area contributed by atoms with Crippen LogP contribution in [0.15, 0.2) is 30.6 Å². The van der Waals surface area contributed by atoms with Crippen molar-refractivity contribution in [2.24, 2.45) is 0 Å². The van der Waals surface area contributed by atoms with Gasteiger partial charge in [-0.25, -0.2) is 15.0 Å². The van der Waals surface area contributed by atoms with E-state index in [0.29, 0.717) is 17.1 Å². The number of carbonyl (C=O) groups is 1. The highest BCUT2D eigenvalue weighted by Crippen LogP contribution is 2.16. The molecule has 0 saturated carbocycles. The van der Waals surface area contributed by atoms with E-state index >= 15 is 0 Å². The molecule has 0 fully saturated rings. The molecule has 0 saturated heterocycles. The van der Waals surface area contributed by atoms with E-state index in [2.05, 4.69) is 15.0 Å². The van der Waals surface area contributed by atoms with E-state index in [1.165, 1.54) is 0 Å². The average molecular weight is 236 g/mol. The summed E-state index contributed by atoms with van der Waals surface area (Å²) < 4.78 is 0. The maximum Gasteiger partial charge on any atom is 0.169 e. The van der Waals surface area contributed by atoms with Gasteiger partial charge in [0.1, 0.15) is 5.69 Å². The standard InChI is InChI=1S/C11H9N3O.ClH/c1-8-3-4-9(10(7-15)14-8)11-12-5-2-6-13-11;/h2-7H,1H3;1H. The molecule has 2 aromatic heterocycles. The first-order chi connectivity index (χ1) is 7.31. The Morgan fingerprint density at radius 2 is 1.88 bits per heavy atom. The van der Waals surface area contributed by atoms with Gasteiger partial charge in [-0.05, 0) is 25.1 Å². The molecule has 0 bridgehead atoms. The topological polar surface area (TPSA) is 55.7 Å². The molecule has 4 nitrogen and oxygen atoms in total. The summed E-state index contributed by atoms with van der Waals surface area (Å²) in [6, 6.07) is 5.37. The lowest BCUT2D eigenvalue weighted by Crippen LogP contribution is -1.97. The lowest BCUT2D eigenvalue weighted by Gasteiger charge is -2.02. The molecule has 0 spiro atoms. The van der Waals surface area contributed by atoms with Gasteiger partial charge in [-0.1, -0.05) is 0 Å². The van der Waals surface area contributed by atoms with Crippen molar-refractivity contribution in [3.8, 4) is 11.4 Å². The van der Waals surface area contributed by atoms with Crippen LogP contribution < -0.4 is 0 Å². The molecular weight excluding hydrogens is 226 g/mol. The van der Waals surface area contributed by atoms with E-state index in [-0.39, 0.29) is 12.4 Å². The number of aryl methyl sites for hydroxylation is 1. The minimum atomic E-state index is 0. The first kappa shape index (κ1) is 12.3. The molecule has 0 unspecified atom stereocenters. The Kier molecular flexibility index (Phi) is 4.08. The molecule has 2 aromatic rings. The summed E-state index contributed by atoms with van der Waals surface area (Å²) in [7, 11) is 0. The molecule has 82 valence electrons. The van der Waals surface area contributed by atoms with E-state index in [1.807, 2.05) is 13.0 Å². The molecule has 2 heterocycles. The fraction of sp³-hybridized carbons (Fsp3) is 0.0909. The number of hydrogen-bond acceptors (Lipinski definition) is 4. The summed E-state index contributed by atoms with van der Waals surface area (Å²) in [5, 5.41) is 0. The van der Waals surface area contributed by atoms with Crippen LogP contribution in [-0.4, -0.2) is 21.2 Å². The molecule has 0 aliphatic carbocycles. The molecule has 0 amide bonds. The number of nitrogens with zero attached hydrogens (tertiary/aromatic N) is 3. The van der Waals surface area contributed by atoms with Gasteiger partial charge in [0, 0.05) is 23.7 Å². The van der Waals surface area contributed by atoms with E-state index in [1.54, 1.807) is 24.5 Å². The average Bonchev–Trinajstić information content (AvgIpc) is 2.30. The molecule has 0 atom stereocenters. The largest absolute Gasteiger partial charge is 0.296 e. The molecule has 0 aromatic carbocycles. The predicted octanol–water partition coefficient (Wildman–Crippen LogP) is 2.08. The highest BCUT2D eigenvalue weighted by molar-refractivity contribution is 5.85. The van der Waals surface area contributed by atoms with Crippen LogP contribution in [0.3, 0.4) is 0 Å². The van der Waals surface area contributed by atoms with Crippen molar-refractivity contribution < 1.29 is 4.79 Å². The third kappa shape index (κ3) is 2.41. The lowest BCUT2D eigenvalue weighted by molar-refractivity contribution is 0.111. The number of aldehydes is 1. The van der Waals surface area contributed by atoms with Crippen molar-refractivity contribution >= 4 is 18.7 Å². The molecule has 2 rings (SSSR count). The van der Waals surface area contributed by atoms with Gasteiger partial charge in [0.25, 0.3) is 0 Å². The summed E-state index contributed by atoms with van der Waals surface area (Å²) in [4.78, 5) is 23.1. The van der Waals surface area contributed by atoms with E-state index in [9.17, 15) is 4.79 Å². The highest BCUT2D eigenvalue weighted by atomic mass is 35.5. The van der Waals surface area contributed by atoms with Crippen molar-refractivity contribution in [3.63, 3.8) is 0 Å². The Bertz CT molecular complexity index is 488. The van der Waals surface area contributed by atoms with Crippen LogP contribution in [0.5, 0.6) is 0 Å². The SMILES string of the molecule is Cc1ccc(-c2ncccn2)c(C=O)n1.Cl. The summed E-state index contributed by atoms with van der Waals surface area (Å²) in [5.41, 5.74) is 1.84. The smallest absolute Gasteiger partial charge is 0.169 e. The molecule has 16 heavy (non-hydrogen) atoms. The zero-order valence-electron chi connectivity index (χ0n) is 8.62. The van der Waals surface area contributed by atoms with Gasteiger partial charge in [0.2, 0.25) is 0 Å². The van der Waals surface area contributed by atoms with Crippen LogP contribution in [0.1, 0.15) is 16.2 Å². The van der Waals surface area contributed by atoms with Crippen LogP contribution >= 0.6 is 12.4 Å². The molecule has 5 heteroatoms.